The minimum absolute atomic E-state index is 0.0653. The van der Waals surface area contributed by atoms with Crippen LogP contribution in [0.2, 0.25) is 0 Å². The van der Waals surface area contributed by atoms with Crippen molar-refractivity contribution in [1.29, 1.82) is 0 Å². The van der Waals surface area contributed by atoms with E-state index in [2.05, 4.69) is 29.4 Å². The molecule has 0 unspecified atom stereocenters. The van der Waals surface area contributed by atoms with Gasteiger partial charge in [-0.15, -0.1) is 0 Å². The number of aryl methyl sites for hydroxylation is 1. The fourth-order valence-corrected chi connectivity index (χ4v) is 1.92. The fraction of sp³-hybridized carbons (Fsp3) is 0.429. The molecule has 0 bridgehead atoms. The molecule has 0 spiro atoms. The molecule has 2 aromatic rings. The number of hydrazone groups is 1. The number of fused-ring (bicyclic) bond motifs is 1. The van der Waals surface area contributed by atoms with Gasteiger partial charge in [0.2, 0.25) is 0 Å². The molecule has 102 valence electrons. The molecule has 0 fully saturated rings. The van der Waals surface area contributed by atoms with Gasteiger partial charge >= 0.3 is 5.69 Å². The molecular weight excluding hydrogens is 240 g/mol. The highest BCUT2D eigenvalue weighted by Crippen LogP contribution is 2.11. The first-order chi connectivity index (χ1) is 9.11. The van der Waals surface area contributed by atoms with Crippen LogP contribution < -0.4 is 11.1 Å². The molecule has 0 atom stereocenters. The summed E-state index contributed by atoms with van der Waals surface area (Å²) in [5, 5.41) is 4.18. The Bertz CT molecular complexity index is 636. The predicted molar refractivity (Wildman–Crippen MR) is 78.7 cm³/mol. The number of nitrogens with zero attached hydrogens (tertiary/aromatic N) is 2. The van der Waals surface area contributed by atoms with Crippen molar-refractivity contribution in [3.63, 3.8) is 0 Å². The summed E-state index contributed by atoms with van der Waals surface area (Å²) in [5.41, 5.74) is 5.70. The summed E-state index contributed by atoms with van der Waals surface area (Å²) in [5.74, 6) is 0.564. The van der Waals surface area contributed by atoms with E-state index in [-0.39, 0.29) is 5.69 Å². The summed E-state index contributed by atoms with van der Waals surface area (Å²) in [6, 6.07) is 5.82. The van der Waals surface area contributed by atoms with Crippen molar-refractivity contribution >= 4 is 17.2 Å². The van der Waals surface area contributed by atoms with E-state index in [4.69, 9.17) is 0 Å². The first-order valence-corrected chi connectivity index (χ1v) is 6.60. The summed E-state index contributed by atoms with van der Waals surface area (Å²) < 4.78 is 1.72. The van der Waals surface area contributed by atoms with Gasteiger partial charge in [-0.3, -0.25) is 4.57 Å². The summed E-state index contributed by atoms with van der Waals surface area (Å²) in [4.78, 5) is 14.5. The van der Waals surface area contributed by atoms with E-state index in [1.54, 1.807) is 10.8 Å². The monoisotopic (exact) mass is 260 g/mol. The second kappa shape index (κ2) is 5.73. The van der Waals surface area contributed by atoms with E-state index in [9.17, 15) is 4.79 Å². The minimum atomic E-state index is -0.0653. The molecule has 1 aromatic carbocycles. The Morgan fingerprint density at radius 3 is 2.95 bits per heavy atom. The summed E-state index contributed by atoms with van der Waals surface area (Å²) in [7, 11) is 0. The van der Waals surface area contributed by atoms with Crippen LogP contribution in [0.1, 0.15) is 26.3 Å². The maximum atomic E-state index is 11.7. The van der Waals surface area contributed by atoms with E-state index >= 15 is 0 Å². The smallest absolute Gasteiger partial charge is 0.310 e. The van der Waals surface area contributed by atoms with Crippen molar-refractivity contribution in [3.8, 4) is 0 Å². The SMILES string of the molecule is CCn1c(=O)[nH]c2ccc(/C=N/NCC(C)C)cc21. The molecule has 5 nitrogen and oxygen atoms in total. The summed E-state index contributed by atoms with van der Waals surface area (Å²) in [6.07, 6.45) is 1.78. The largest absolute Gasteiger partial charge is 0.326 e. The van der Waals surface area contributed by atoms with Gasteiger partial charge < -0.3 is 10.4 Å². The van der Waals surface area contributed by atoms with Crippen LogP contribution in [0.4, 0.5) is 0 Å². The second-order valence-corrected chi connectivity index (χ2v) is 4.97. The van der Waals surface area contributed by atoms with Gasteiger partial charge in [0.25, 0.3) is 0 Å². The standard InChI is InChI=1S/C14H20N4O/c1-4-18-13-7-11(9-16-15-8-10(2)3)5-6-12(13)17-14(18)19/h5-7,9-10,15H,4,8H2,1-3H3,(H,17,19)/b16-9+. The highest BCUT2D eigenvalue weighted by atomic mass is 16.1. The first-order valence-electron chi connectivity index (χ1n) is 6.60. The number of rotatable bonds is 5. The van der Waals surface area contributed by atoms with Crippen LogP contribution in [0.5, 0.6) is 0 Å². The van der Waals surface area contributed by atoms with Crippen LogP contribution >= 0.6 is 0 Å². The van der Waals surface area contributed by atoms with Crippen LogP contribution in [-0.4, -0.2) is 22.3 Å². The maximum Gasteiger partial charge on any atom is 0.326 e. The van der Waals surface area contributed by atoms with E-state index < -0.39 is 0 Å². The molecule has 19 heavy (non-hydrogen) atoms. The van der Waals surface area contributed by atoms with Gasteiger partial charge in [0.1, 0.15) is 0 Å². The quantitative estimate of drug-likeness (QED) is 0.637. The lowest BCUT2D eigenvalue weighted by Crippen LogP contribution is -2.15. The predicted octanol–water partition coefficient (Wildman–Crippen LogP) is 1.93. The molecule has 0 saturated heterocycles. The van der Waals surface area contributed by atoms with Crippen LogP contribution in [0.15, 0.2) is 28.1 Å². The van der Waals surface area contributed by atoms with Gasteiger partial charge in [0, 0.05) is 13.1 Å². The van der Waals surface area contributed by atoms with Crippen LogP contribution in [0.25, 0.3) is 11.0 Å². The third kappa shape index (κ3) is 3.05. The van der Waals surface area contributed by atoms with Crippen LogP contribution in [0, 0.1) is 5.92 Å². The van der Waals surface area contributed by atoms with Gasteiger partial charge in [-0.05, 0) is 30.5 Å². The third-order valence-electron chi connectivity index (χ3n) is 2.92. The number of imidazole rings is 1. The number of hydrogen-bond acceptors (Lipinski definition) is 3. The fourth-order valence-electron chi connectivity index (χ4n) is 1.92. The van der Waals surface area contributed by atoms with Gasteiger partial charge in [-0.1, -0.05) is 19.9 Å². The van der Waals surface area contributed by atoms with E-state index in [0.29, 0.717) is 12.5 Å². The number of benzene rings is 1. The Balaban J connectivity index is 2.23. The third-order valence-corrected chi connectivity index (χ3v) is 2.92. The molecule has 0 aliphatic rings. The normalized spacial score (nSPS) is 11.8. The summed E-state index contributed by atoms with van der Waals surface area (Å²) in [6.45, 7) is 7.73. The zero-order valence-electron chi connectivity index (χ0n) is 11.6. The van der Waals surface area contributed by atoms with E-state index in [1.165, 1.54) is 0 Å². The van der Waals surface area contributed by atoms with Crippen molar-refractivity contribution in [3.05, 3.63) is 34.2 Å². The second-order valence-electron chi connectivity index (χ2n) is 4.97. The van der Waals surface area contributed by atoms with Crippen molar-refractivity contribution < 1.29 is 0 Å². The topological polar surface area (TPSA) is 62.2 Å². The molecular formula is C14H20N4O. The van der Waals surface area contributed by atoms with Crippen molar-refractivity contribution in [1.82, 2.24) is 15.0 Å². The molecule has 0 saturated carbocycles. The average molecular weight is 260 g/mol. The number of aromatic amines is 1. The van der Waals surface area contributed by atoms with Gasteiger partial charge in [-0.2, -0.15) is 5.10 Å². The highest BCUT2D eigenvalue weighted by molar-refractivity contribution is 5.87. The number of nitrogens with one attached hydrogen (secondary N) is 2. The molecule has 1 aromatic heterocycles. The number of hydrogen-bond donors (Lipinski definition) is 2. The molecule has 0 aliphatic carbocycles. The Labute approximate surface area is 112 Å². The minimum Gasteiger partial charge on any atom is -0.310 e. The van der Waals surface area contributed by atoms with Crippen molar-refractivity contribution in [2.24, 2.45) is 11.0 Å². The van der Waals surface area contributed by atoms with Crippen molar-refractivity contribution in [2.75, 3.05) is 6.54 Å². The lowest BCUT2D eigenvalue weighted by atomic mass is 10.2. The number of H-pyrrole nitrogens is 1. The van der Waals surface area contributed by atoms with E-state index in [0.717, 1.165) is 23.1 Å². The van der Waals surface area contributed by atoms with Crippen LogP contribution in [0.3, 0.4) is 0 Å². The van der Waals surface area contributed by atoms with E-state index in [1.807, 2.05) is 25.1 Å². The lowest BCUT2D eigenvalue weighted by molar-refractivity contribution is 0.571. The molecule has 5 heteroatoms. The Morgan fingerprint density at radius 1 is 1.47 bits per heavy atom. The molecule has 1 heterocycles. The highest BCUT2D eigenvalue weighted by Gasteiger charge is 2.04. The van der Waals surface area contributed by atoms with Crippen molar-refractivity contribution in [2.45, 2.75) is 27.3 Å². The Morgan fingerprint density at radius 2 is 2.26 bits per heavy atom. The van der Waals surface area contributed by atoms with Gasteiger partial charge in [0.05, 0.1) is 17.2 Å². The zero-order chi connectivity index (χ0) is 13.8. The maximum absolute atomic E-state index is 11.7. The van der Waals surface area contributed by atoms with Gasteiger partial charge in [-0.25, -0.2) is 4.79 Å². The zero-order valence-corrected chi connectivity index (χ0v) is 11.6. The molecule has 2 N–H and O–H groups in total. The molecule has 0 aliphatic heterocycles. The summed E-state index contributed by atoms with van der Waals surface area (Å²) >= 11 is 0. The van der Waals surface area contributed by atoms with Gasteiger partial charge in [0.15, 0.2) is 0 Å². The molecule has 0 radical (unpaired) electrons. The molecule has 2 rings (SSSR count). The Kier molecular flexibility index (Phi) is 4.04. The first kappa shape index (κ1) is 13.4. The number of aromatic nitrogens is 2. The average Bonchev–Trinajstić information content (AvgIpc) is 2.69. The molecule has 0 amide bonds. The van der Waals surface area contributed by atoms with Crippen LogP contribution in [-0.2, 0) is 6.54 Å². The Hall–Kier alpha value is -2.04. The lowest BCUT2D eigenvalue weighted by Gasteiger charge is -2.02.